The first-order valence-electron chi connectivity index (χ1n) is 2.64. The monoisotopic (exact) mass is 328 g/mol. The van der Waals surface area contributed by atoms with Crippen molar-refractivity contribution in [2.45, 2.75) is 16.9 Å². The quantitative estimate of drug-likeness (QED) is 0.497. The maximum Gasteiger partial charge on any atom is 0.555 e. The average Bonchev–Trinajstić information content (AvgIpc) is 1.77. The Balaban J connectivity index is 5.03. The second-order valence-corrected chi connectivity index (χ2v) is 4.05. The molecule has 0 aliphatic rings. The van der Waals surface area contributed by atoms with Gasteiger partial charge in [0.05, 0.1) is 10.2 Å². The second-order valence-electron chi connectivity index (χ2n) is 2.04. The molecule has 0 saturated carbocycles. The lowest BCUT2D eigenvalue weighted by molar-refractivity contribution is -1.92. The van der Waals surface area contributed by atoms with Crippen LogP contribution in [0.3, 0.4) is 0 Å². The van der Waals surface area contributed by atoms with Crippen molar-refractivity contribution in [2.75, 3.05) is 0 Å². The molecular formula is C3BrClF6O4. The summed E-state index contributed by atoms with van der Waals surface area (Å²) < 4.78 is 97.1. The number of rotatable bonds is 3. The number of halogens is 8. The minimum absolute atomic E-state index is 0.902. The average molecular weight is 329 g/mol. The van der Waals surface area contributed by atoms with Gasteiger partial charge in [-0.15, -0.1) is 0 Å². The van der Waals surface area contributed by atoms with Crippen molar-refractivity contribution >= 4 is 15.9 Å². The molecule has 12 heteroatoms. The summed E-state index contributed by atoms with van der Waals surface area (Å²) in [6, 6.07) is 0. The highest BCUT2D eigenvalue weighted by Crippen LogP contribution is 2.50. The molecule has 0 amide bonds. The van der Waals surface area contributed by atoms with Crippen molar-refractivity contribution in [1.82, 2.24) is 0 Å². The van der Waals surface area contributed by atoms with Gasteiger partial charge in [-0.25, -0.2) is 4.39 Å². The van der Waals surface area contributed by atoms with Crippen LogP contribution in [0.4, 0.5) is 26.3 Å². The zero-order chi connectivity index (χ0) is 12.7. The van der Waals surface area contributed by atoms with Crippen LogP contribution in [-0.4, -0.2) is 16.9 Å². The van der Waals surface area contributed by atoms with Gasteiger partial charge in [0, 0.05) is 0 Å². The van der Waals surface area contributed by atoms with E-state index in [1.54, 1.807) is 0 Å². The lowest BCUT2D eigenvalue weighted by Crippen LogP contribution is -2.67. The molecule has 4 nitrogen and oxygen atoms in total. The summed E-state index contributed by atoms with van der Waals surface area (Å²) in [5, 5.41) is 0. The van der Waals surface area contributed by atoms with Gasteiger partial charge in [-0.3, -0.25) is 0 Å². The van der Waals surface area contributed by atoms with E-state index >= 15 is 0 Å². The summed E-state index contributed by atoms with van der Waals surface area (Å²) in [5.74, 6) is 0. The summed E-state index contributed by atoms with van der Waals surface area (Å²) in [6.07, 6.45) is -12.1. The molecule has 0 radical (unpaired) electrons. The first kappa shape index (κ1) is 15.2. The minimum atomic E-state index is -6.18. The van der Waals surface area contributed by atoms with Crippen molar-refractivity contribution in [1.29, 1.82) is 0 Å². The number of hydrogen-bond acceptors (Lipinski definition) is 4. The largest absolute Gasteiger partial charge is 0.555 e. The molecular weight excluding hydrogens is 329 g/mol. The molecule has 0 N–H and O–H groups in total. The summed E-state index contributed by atoms with van der Waals surface area (Å²) in [5.41, 5.74) is 0. The van der Waals surface area contributed by atoms with Crippen LogP contribution >= 0.6 is 15.9 Å². The normalized spacial score (nSPS) is 18.8. The van der Waals surface area contributed by atoms with Crippen LogP contribution in [0, 0.1) is 10.2 Å². The smallest absolute Gasteiger partial charge is 0.210 e. The highest BCUT2D eigenvalue weighted by atomic mass is 79.9. The topological polar surface area (TPSA) is 78.4 Å². The van der Waals surface area contributed by atoms with Gasteiger partial charge in [0.25, 0.3) is 0 Å². The molecule has 0 saturated heterocycles. The molecule has 0 aromatic heterocycles. The number of hydrogen-bond donors (Lipinski definition) is 0. The van der Waals surface area contributed by atoms with Crippen LogP contribution in [0.15, 0.2) is 0 Å². The summed E-state index contributed by atoms with van der Waals surface area (Å²) in [4.78, 5) is 0. The molecule has 0 heterocycles. The predicted octanol–water partition coefficient (Wildman–Crippen LogP) is -0.884. The van der Waals surface area contributed by atoms with E-state index in [-0.39, 0.29) is 0 Å². The fourth-order valence-corrected chi connectivity index (χ4v) is 0.850. The summed E-state index contributed by atoms with van der Waals surface area (Å²) in [7, 11) is -5.92. The Labute approximate surface area is 88.3 Å². The van der Waals surface area contributed by atoms with Crippen molar-refractivity contribution in [3.05, 3.63) is 0 Å². The molecule has 0 rings (SSSR count). The maximum absolute atomic E-state index is 12.4. The zero-order valence-electron chi connectivity index (χ0n) is 6.16. The molecule has 0 aliphatic carbocycles. The molecule has 1 unspecified atom stereocenters. The Hall–Kier alpha value is 0.190. The Morgan fingerprint density at radius 2 is 1.27 bits per heavy atom. The first-order valence-corrected chi connectivity index (χ1v) is 4.67. The Bertz CT molecular complexity index is 236. The van der Waals surface area contributed by atoms with Gasteiger partial charge < -0.3 is 0 Å². The molecule has 0 fully saturated rings. The predicted molar refractivity (Wildman–Crippen MR) is 24.9 cm³/mol. The maximum atomic E-state index is 12.4. The van der Waals surface area contributed by atoms with Crippen LogP contribution in [0.1, 0.15) is 0 Å². The van der Waals surface area contributed by atoms with E-state index in [1.165, 1.54) is 0 Å². The van der Waals surface area contributed by atoms with Gasteiger partial charge in [0.2, 0.25) is 0 Å². The van der Waals surface area contributed by atoms with Crippen molar-refractivity contribution in [3.8, 4) is 0 Å². The zero-order valence-corrected chi connectivity index (χ0v) is 8.50. The third-order valence-electron chi connectivity index (χ3n) is 0.913. The third-order valence-corrected chi connectivity index (χ3v) is 2.21. The van der Waals surface area contributed by atoms with Crippen molar-refractivity contribution < 1.29 is 54.9 Å². The van der Waals surface area contributed by atoms with Gasteiger partial charge in [-0.05, 0) is 15.9 Å². The molecule has 1 atom stereocenters. The molecule has 0 aromatic rings. The van der Waals surface area contributed by atoms with Gasteiger partial charge in [0.15, 0.2) is 0 Å². The first-order chi connectivity index (χ1) is 6.21. The van der Waals surface area contributed by atoms with Gasteiger partial charge in [-0.1, -0.05) is 0 Å². The van der Waals surface area contributed by atoms with Gasteiger partial charge >= 0.3 is 16.9 Å². The van der Waals surface area contributed by atoms with E-state index in [0.29, 0.717) is 0 Å². The standard InChI is InChI=1S/C3BrClF6O4/c4-1(6,2(7,8)9)3(10,11)15-5(12,13)14. The molecule has 0 aliphatic heterocycles. The summed E-state index contributed by atoms with van der Waals surface area (Å²) >= 11 is 0.902. The van der Waals surface area contributed by atoms with Crippen molar-refractivity contribution in [2.24, 2.45) is 0 Å². The SMILES string of the molecule is [O-][Cl+3]([O-])([O-])OC(F)(F)C(F)(Br)C(F)(F)F. The fraction of sp³-hybridized carbons (Fsp3) is 1.00. The minimum Gasteiger partial charge on any atom is -0.210 e. The second kappa shape index (κ2) is 3.89. The highest BCUT2D eigenvalue weighted by molar-refractivity contribution is 9.10. The van der Waals surface area contributed by atoms with Gasteiger partial charge in [-0.2, -0.15) is 35.9 Å². The van der Waals surface area contributed by atoms with Gasteiger partial charge in [0.1, 0.15) is 4.29 Å². The van der Waals surface area contributed by atoms with Crippen LogP contribution in [0.5, 0.6) is 0 Å². The Kier molecular flexibility index (Phi) is 3.94. The van der Waals surface area contributed by atoms with Crippen LogP contribution in [0.25, 0.3) is 0 Å². The van der Waals surface area contributed by atoms with Crippen LogP contribution in [-0.2, 0) is 4.29 Å². The summed E-state index contributed by atoms with van der Waals surface area (Å²) in [6.45, 7) is 0. The molecule has 92 valence electrons. The van der Waals surface area contributed by atoms with E-state index in [9.17, 15) is 40.3 Å². The van der Waals surface area contributed by atoms with E-state index in [2.05, 4.69) is 4.29 Å². The highest BCUT2D eigenvalue weighted by Gasteiger charge is 2.78. The molecule has 0 spiro atoms. The van der Waals surface area contributed by atoms with E-state index < -0.39 is 27.1 Å². The molecule has 15 heavy (non-hydrogen) atoms. The molecule has 0 bridgehead atoms. The fourth-order valence-electron chi connectivity index (χ4n) is 0.332. The van der Waals surface area contributed by atoms with E-state index in [4.69, 9.17) is 0 Å². The van der Waals surface area contributed by atoms with Crippen LogP contribution in [0.2, 0.25) is 0 Å². The van der Waals surface area contributed by atoms with E-state index in [1.807, 2.05) is 0 Å². The lowest BCUT2D eigenvalue weighted by atomic mass is 10.3. The third kappa shape index (κ3) is 3.60. The number of alkyl halides is 7. The van der Waals surface area contributed by atoms with Crippen molar-refractivity contribution in [3.63, 3.8) is 0 Å². The Morgan fingerprint density at radius 1 is 0.933 bits per heavy atom. The van der Waals surface area contributed by atoms with Crippen LogP contribution < -0.4 is 14.0 Å². The lowest BCUT2D eigenvalue weighted by Gasteiger charge is -2.26. The van der Waals surface area contributed by atoms with E-state index in [0.717, 1.165) is 15.9 Å². The molecule has 0 aromatic carbocycles. The Morgan fingerprint density at radius 3 is 1.47 bits per heavy atom.